The molecule has 0 saturated carbocycles. The van der Waals surface area contributed by atoms with Gasteiger partial charge in [-0.3, -0.25) is 0 Å². The van der Waals surface area contributed by atoms with E-state index < -0.39 is 0 Å². The molecule has 242 valence electrons. The Morgan fingerprint density at radius 1 is 0.340 bits per heavy atom. The first-order valence-corrected chi connectivity index (χ1v) is 16.3. The summed E-state index contributed by atoms with van der Waals surface area (Å²) in [5.41, 5.74) is 15.3. The Morgan fingerprint density at radius 2 is 0.620 bits per heavy atom. The van der Waals surface area contributed by atoms with E-state index in [2.05, 4.69) is 131 Å². The second-order valence-electron chi connectivity index (χ2n) is 12.1. The van der Waals surface area contributed by atoms with Crippen molar-refractivity contribution >= 4 is 46.4 Å². The number of nitrogens with one attached hydrogen (secondary N) is 2. The fraction of sp³-hybridized carbons (Fsp3) is 0. The molecule has 9 rings (SSSR count). The number of hydrogen-bond acceptors (Lipinski definition) is 3. The minimum absolute atomic E-state index is 0. The molecule has 2 aliphatic heterocycles. The van der Waals surface area contributed by atoms with E-state index >= 15 is 0 Å². The quantitative estimate of drug-likeness (QED) is 0.157. The first kappa shape index (κ1) is 31.2. The van der Waals surface area contributed by atoms with Crippen LogP contribution in [0.3, 0.4) is 0 Å². The van der Waals surface area contributed by atoms with Gasteiger partial charge in [0.25, 0.3) is 0 Å². The third-order valence-electron chi connectivity index (χ3n) is 9.10. The molecule has 0 spiro atoms. The van der Waals surface area contributed by atoms with Crippen LogP contribution in [0.1, 0.15) is 22.8 Å². The van der Waals surface area contributed by atoms with E-state index in [0.29, 0.717) is 0 Å². The van der Waals surface area contributed by atoms with Crippen LogP contribution in [-0.4, -0.2) is 25.0 Å². The molecule has 6 heteroatoms. The summed E-state index contributed by atoms with van der Waals surface area (Å²) in [4.78, 5) is 18.2. The van der Waals surface area contributed by atoms with Crippen molar-refractivity contribution in [1.29, 1.82) is 0 Å². The third kappa shape index (κ3) is 5.61. The molecule has 50 heavy (non-hydrogen) atoms. The maximum atomic E-state index is 10.2. The number of phenols is 1. The molecule has 4 aromatic carbocycles. The molecule has 7 aromatic rings. The number of benzene rings is 4. The normalized spacial score (nSPS) is 11.8. The van der Waals surface area contributed by atoms with E-state index in [9.17, 15) is 5.11 Å². The summed E-state index contributed by atoms with van der Waals surface area (Å²) in [6.45, 7) is 0. The van der Waals surface area contributed by atoms with Crippen LogP contribution in [-0.2, 0) is 20.4 Å². The first-order valence-electron chi connectivity index (χ1n) is 16.3. The summed E-state index contributed by atoms with van der Waals surface area (Å²) in [5.74, 6) is 0.215. The van der Waals surface area contributed by atoms with Gasteiger partial charge in [-0.2, -0.15) is 0 Å². The standard InChI is InChI=1S/C44H30N4O.Pd/c49-32-18-16-31(17-19-32)44-39-26-24-37(47-39)42(29-12-6-2-7-13-29)35-22-20-33(45-35)41(28-10-4-1-5-11-28)34-21-23-36(46-34)43(30-14-8-3-9-15-30)38-25-27-40(44)48-38;/h1-27,45,48-49H;. The number of phenolic OH excluding ortho intramolecular Hbond substituents is 1. The fourth-order valence-corrected chi connectivity index (χ4v) is 6.86. The monoisotopic (exact) mass is 736 g/mol. The van der Waals surface area contributed by atoms with Gasteiger partial charge in [-0.15, -0.1) is 0 Å². The number of H-pyrrole nitrogens is 2. The maximum absolute atomic E-state index is 10.2. The molecule has 5 nitrogen and oxygen atoms in total. The molecule has 0 radical (unpaired) electrons. The number of aromatic amines is 2. The maximum Gasteiger partial charge on any atom is 0.115 e. The molecule has 5 heterocycles. The predicted octanol–water partition coefficient (Wildman–Crippen LogP) is 11.0. The average Bonchev–Trinajstić information content (AvgIpc) is 3.98. The van der Waals surface area contributed by atoms with E-state index in [4.69, 9.17) is 9.97 Å². The van der Waals surface area contributed by atoms with E-state index in [1.54, 1.807) is 12.1 Å². The van der Waals surface area contributed by atoms with Crippen LogP contribution in [0.15, 0.2) is 140 Å². The number of nitrogens with zero attached hydrogens (tertiary/aromatic N) is 2. The minimum Gasteiger partial charge on any atom is -0.508 e. The molecule has 3 aromatic heterocycles. The van der Waals surface area contributed by atoms with E-state index in [0.717, 1.165) is 89.4 Å². The topological polar surface area (TPSA) is 77.6 Å². The van der Waals surface area contributed by atoms with Crippen LogP contribution in [0.5, 0.6) is 5.75 Å². The van der Waals surface area contributed by atoms with Crippen molar-refractivity contribution in [2.75, 3.05) is 0 Å². The summed E-state index contributed by atoms with van der Waals surface area (Å²) >= 11 is 0. The van der Waals surface area contributed by atoms with Gasteiger partial charge in [0.2, 0.25) is 0 Å². The zero-order valence-electron chi connectivity index (χ0n) is 26.7. The summed E-state index contributed by atoms with van der Waals surface area (Å²) in [6, 6.07) is 47.0. The summed E-state index contributed by atoms with van der Waals surface area (Å²) in [7, 11) is 0. The Kier molecular flexibility index (Phi) is 8.18. The predicted molar refractivity (Wildman–Crippen MR) is 202 cm³/mol. The number of aromatic hydroxyl groups is 1. The molecule has 0 fully saturated rings. The van der Waals surface area contributed by atoms with Gasteiger partial charge in [0.1, 0.15) is 5.75 Å². The van der Waals surface area contributed by atoms with Gasteiger partial charge in [0, 0.05) is 64.7 Å². The van der Waals surface area contributed by atoms with Gasteiger partial charge in [-0.25, -0.2) is 9.97 Å². The Morgan fingerprint density at radius 3 is 0.920 bits per heavy atom. The molecular formula is C44H30N4OPd. The smallest absolute Gasteiger partial charge is 0.115 e. The van der Waals surface area contributed by atoms with E-state index in [-0.39, 0.29) is 26.2 Å². The zero-order chi connectivity index (χ0) is 32.7. The van der Waals surface area contributed by atoms with Crippen LogP contribution in [0.4, 0.5) is 0 Å². The van der Waals surface area contributed by atoms with Gasteiger partial charge in [-0.05, 0) is 83.0 Å². The summed E-state index contributed by atoms with van der Waals surface area (Å²) in [6.07, 6.45) is 8.40. The largest absolute Gasteiger partial charge is 0.508 e. The van der Waals surface area contributed by atoms with Gasteiger partial charge in [0.05, 0.1) is 22.8 Å². The van der Waals surface area contributed by atoms with Crippen molar-refractivity contribution in [3.05, 3.63) is 162 Å². The molecule has 0 saturated heterocycles. The second-order valence-corrected chi connectivity index (χ2v) is 12.1. The Bertz CT molecular complexity index is 2550. The minimum atomic E-state index is 0. The third-order valence-corrected chi connectivity index (χ3v) is 9.10. The molecule has 0 atom stereocenters. The van der Waals surface area contributed by atoms with Crippen LogP contribution in [0, 0.1) is 0 Å². The number of rotatable bonds is 4. The number of hydrogen-bond donors (Lipinski definition) is 3. The second kappa shape index (κ2) is 13.1. The summed E-state index contributed by atoms with van der Waals surface area (Å²) in [5, 5.41) is 10.2. The van der Waals surface area contributed by atoms with Crippen molar-refractivity contribution in [3.63, 3.8) is 0 Å². The van der Waals surface area contributed by atoms with Crippen LogP contribution < -0.4 is 0 Å². The van der Waals surface area contributed by atoms with Gasteiger partial charge < -0.3 is 15.1 Å². The number of fused-ring (bicyclic) bond motifs is 8. The summed E-state index contributed by atoms with van der Waals surface area (Å²) < 4.78 is 0. The van der Waals surface area contributed by atoms with Gasteiger partial charge in [0.15, 0.2) is 0 Å². The zero-order valence-corrected chi connectivity index (χ0v) is 28.3. The van der Waals surface area contributed by atoms with Crippen LogP contribution in [0.2, 0.25) is 0 Å². The van der Waals surface area contributed by atoms with Crippen molar-refractivity contribution in [3.8, 4) is 50.3 Å². The Hall–Kier alpha value is -6.06. The molecule has 3 N–H and O–H groups in total. The molecule has 0 unspecified atom stereocenters. The van der Waals surface area contributed by atoms with Crippen LogP contribution >= 0.6 is 0 Å². The SMILES string of the molecule is Oc1ccc(-c2c3nc(c(-c4ccccc4)c4ccc([nH]4)c(-c4ccccc4)c4nc(c(-c5ccccc5)c5ccc2[nH]5)C=C4)C=C3)cc1.[Pd]. The van der Waals surface area contributed by atoms with E-state index in [1.807, 2.05) is 30.3 Å². The van der Waals surface area contributed by atoms with Crippen molar-refractivity contribution in [2.45, 2.75) is 0 Å². The molecule has 2 aliphatic rings. The van der Waals surface area contributed by atoms with Crippen molar-refractivity contribution in [1.82, 2.24) is 19.9 Å². The molecule has 0 aliphatic carbocycles. The van der Waals surface area contributed by atoms with Crippen molar-refractivity contribution < 1.29 is 25.5 Å². The molecular weight excluding hydrogens is 707 g/mol. The van der Waals surface area contributed by atoms with E-state index in [1.165, 1.54) is 0 Å². The van der Waals surface area contributed by atoms with Gasteiger partial charge >= 0.3 is 0 Å². The van der Waals surface area contributed by atoms with Gasteiger partial charge in [-0.1, -0.05) is 103 Å². The average molecular weight is 737 g/mol. The Balaban J connectivity index is 0.00000361. The van der Waals surface area contributed by atoms with Crippen molar-refractivity contribution in [2.24, 2.45) is 0 Å². The molecule has 8 bridgehead atoms. The number of aromatic nitrogens is 4. The fourth-order valence-electron chi connectivity index (χ4n) is 6.86. The Labute approximate surface area is 303 Å². The first-order chi connectivity index (χ1) is 24.2. The molecule has 0 amide bonds. The van der Waals surface area contributed by atoms with Crippen LogP contribution in [0.25, 0.3) is 90.9 Å².